The zero-order valence-corrected chi connectivity index (χ0v) is 12.3. The fraction of sp³-hybridized carbons (Fsp3) is 0.562. The van der Waals surface area contributed by atoms with Crippen LogP contribution >= 0.6 is 0 Å². The lowest BCUT2D eigenvalue weighted by Gasteiger charge is -2.19. The van der Waals surface area contributed by atoms with E-state index in [1.54, 1.807) is 6.07 Å². The van der Waals surface area contributed by atoms with Crippen molar-refractivity contribution in [1.29, 1.82) is 0 Å². The number of aryl methyl sites for hydroxylation is 1. The van der Waals surface area contributed by atoms with Gasteiger partial charge in [-0.05, 0) is 56.6 Å². The average Bonchev–Trinajstić information content (AvgIpc) is 2.66. The number of nitrogens with one attached hydrogen (secondary N) is 1. The van der Waals surface area contributed by atoms with Gasteiger partial charge in [0.1, 0.15) is 0 Å². The van der Waals surface area contributed by atoms with Crippen molar-refractivity contribution in [2.45, 2.75) is 32.6 Å². The summed E-state index contributed by atoms with van der Waals surface area (Å²) in [5.41, 5.74) is 8.08. The molecule has 1 aliphatic rings. The maximum atomic E-state index is 12.1. The van der Waals surface area contributed by atoms with Gasteiger partial charge in [-0.1, -0.05) is 12.8 Å². The number of carbonyl (C=O) groups excluding carboxylic acids is 1. The molecule has 20 heavy (non-hydrogen) atoms. The van der Waals surface area contributed by atoms with Gasteiger partial charge >= 0.3 is 0 Å². The first-order chi connectivity index (χ1) is 9.65. The largest absolute Gasteiger partial charge is 0.399 e. The summed E-state index contributed by atoms with van der Waals surface area (Å²) >= 11 is 0. The zero-order valence-electron chi connectivity index (χ0n) is 12.3. The summed E-state index contributed by atoms with van der Waals surface area (Å²) in [5, 5.41) is 2.98. The molecule has 0 radical (unpaired) electrons. The van der Waals surface area contributed by atoms with E-state index in [1.807, 2.05) is 19.1 Å². The summed E-state index contributed by atoms with van der Waals surface area (Å²) in [5.74, 6) is -0.0322. The number of benzene rings is 1. The molecule has 4 heteroatoms. The van der Waals surface area contributed by atoms with Gasteiger partial charge < -0.3 is 16.0 Å². The lowest BCUT2D eigenvalue weighted by atomic mass is 10.1. The molecular formula is C16H25N3O. The van der Waals surface area contributed by atoms with Crippen LogP contribution in [0.25, 0.3) is 0 Å². The number of rotatable bonds is 4. The third kappa shape index (κ3) is 4.53. The normalized spacial score (nSPS) is 16.6. The molecule has 0 atom stereocenters. The molecule has 1 aliphatic heterocycles. The molecule has 1 heterocycles. The topological polar surface area (TPSA) is 58.4 Å². The summed E-state index contributed by atoms with van der Waals surface area (Å²) in [4.78, 5) is 14.5. The zero-order chi connectivity index (χ0) is 14.4. The molecule has 110 valence electrons. The summed E-state index contributed by atoms with van der Waals surface area (Å²) in [7, 11) is 0. The highest BCUT2D eigenvalue weighted by molar-refractivity contribution is 5.95. The molecule has 1 amide bonds. The van der Waals surface area contributed by atoms with Gasteiger partial charge in [-0.3, -0.25) is 4.79 Å². The molecule has 4 nitrogen and oxygen atoms in total. The number of nitrogen functional groups attached to an aromatic ring is 1. The minimum Gasteiger partial charge on any atom is -0.399 e. The fourth-order valence-electron chi connectivity index (χ4n) is 2.73. The second kappa shape index (κ2) is 7.29. The van der Waals surface area contributed by atoms with E-state index >= 15 is 0 Å². The third-order valence-corrected chi connectivity index (χ3v) is 3.77. The van der Waals surface area contributed by atoms with Crippen molar-refractivity contribution in [2.24, 2.45) is 0 Å². The van der Waals surface area contributed by atoms with Crippen LogP contribution in [0.2, 0.25) is 0 Å². The highest BCUT2D eigenvalue weighted by Gasteiger charge is 2.10. The summed E-state index contributed by atoms with van der Waals surface area (Å²) in [6, 6.07) is 5.47. The second-order valence-electron chi connectivity index (χ2n) is 5.64. The maximum absolute atomic E-state index is 12.1. The van der Waals surface area contributed by atoms with Gasteiger partial charge in [0.05, 0.1) is 0 Å². The molecule has 0 saturated carbocycles. The predicted molar refractivity (Wildman–Crippen MR) is 82.8 cm³/mol. The number of likely N-dealkylation sites (tertiary alicyclic amines) is 1. The van der Waals surface area contributed by atoms with Crippen molar-refractivity contribution < 1.29 is 4.79 Å². The monoisotopic (exact) mass is 275 g/mol. The van der Waals surface area contributed by atoms with Crippen molar-refractivity contribution >= 4 is 11.6 Å². The summed E-state index contributed by atoms with van der Waals surface area (Å²) in [6.07, 6.45) is 5.24. The van der Waals surface area contributed by atoms with Crippen LogP contribution in [-0.2, 0) is 0 Å². The van der Waals surface area contributed by atoms with Crippen LogP contribution < -0.4 is 11.1 Å². The van der Waals surface area contributed by atoms with Gasteiger partial charge in [-0.2, -0.15) is 0 Å². The lowest BCUT2D eigenvalue weighted by Crippen LogP contribution is -2.35. The quantitative estimate of drug-likeness (QED) is 0.828. The highest BCUT2D eigenvalue weighted by atomic mass is 16.1. The molecule has 0 unspecified atom stereocenters. The SMILES string of the molecule is Cc1cc(N)cc(C(=O)NCCN2CCCCCC2)c1. The van der Waals surface area contributed by atoms with E-state index in [4.69, 9.17) is 5.73 Å². The molecule has 0 bridgehead atoms. The number of carbonyl (C=O) groups is 1. The predicted octanol–water partition coefficient (Wildman–Crippen LogP) is 2.18. The maximum Gasteiger partial charge on any atom is 0.251 e. The molecule has 3 N–H and O–H groups in total. The van der Waals surface area contributed by atoms with E-state index in [1.165, 1.54) is 25.7 Å². The first-order valence-electron chi connectivity index (χ1n) is 7.53. The fourth-order valence-corrected chi connectivity index (χ4v) is 2.73. The Labute approximate surface area is 121 Å². The van der Waals surface area contributed by atoms with E-state index in [0.29, 0.717) is 17.8 Å². The van der Waals surface area contributed by atoms with Crippen LogP contribution in [0.15, 0.2) is 18.2 Å². The van der Waals surface area contributed by atoms with Crippen molar-refractivity contribution in [2.75, 3.05) is 31.9 Å². The van der Waals surface area contributed by atoms with Crippen molar-refractivity contribution in [3.8, 4) is 0 Å². The van der Waals surface area contributed by atoms with Gasteiger partial charge in [0.2, 0.25) is 0 Å². The van der Waals surface area contributed by atoms with E-state index < -0.39 is 0 Å². The Balaban J connectivity index is 1.79. The molecule has 0 aliphatic carbocycles. The van der Waals surface area contributed by atoms with Crippen LogP contribution in [-0.4, -0.2) is 37.0 Å². The van der Waals surface area contributed by atoms with Gasteiger partial charge in [-0.15, -0.1) is 0 Å². The number of hydrogen-bond donors (Lipinski definition) is 2. The van der Waals surface area contributed by atoms with Gasteiger partial charge in [0.15, 0.2) is 0 Å². The van der Waals surface area contributed by atoms with Crippen molar-refractivity contribution in [3.05, 3.63) is 29.3 Å². The Morgan fingerprint density at radius 3 is 2.55 bits per heavy atom. The lowest BCUT2D eigenvalue weighted by molar-refractivity contribution is 0.0948. The van der Waals surface area contributed by atoms with E-state index in [-0.39, 0.29) is 5.91 Å². The summed E-state index contributed by atoms with van der Waals surface area (Å²) in [6.45, 7) is 5.91. The number of anilines is 1. The second-order valence-corrected chi connectivity index (χ2v) is 5.64. The summed E-state index contributed by atoms with van der Waals surface area (Å²) < 4.78 is 0. The van der Waals surface area contributed by atoms with Crippen molar-refractivity contribution in [3.63, 3.8) is 0 Å². The Bertz CT molecular complexity index is 431. The molecule has 1 fully saturated rings. The Morgan fingerprint density at radius 2 is 1.90 bits per heavy atom. The molecule has 2 rings (SSSR count). The molecule has 1 aromatic carbocycles. The van der Waals surface area contributed by atoms with Crippen LogP contribution in [0.5, 0.6) is 0 Å². The molecular weight excluding hydrogens is 250 g/mol. The standard InChI is InChI=1S/C16H25N3O/c1-13-10-14(12-15(17)11-13)16(20)18-6-9-19-7-4-2-3-5-8-19/h10-12H,2-9,17H2,1H3,(H,18,20). The number of nitrogens with two attached hydrogens (primary N) is 1. The van der Waals surface area contributed by atoms with E-state index in [0.717, 1.165) is 25.2 Å². The molecule has 1 aromatic rings. The van der Waals surface area contributed by atoms with E-state index in [9.17, 15) is 4.79 Å². The first kappa shape index (κ1) is 14.9. The molecule has 1 saturated heterocycles. The first-order valence-corrected chi connectivity index (χ1v) is 7.53. The number of nitrogens with zero attached hydrogens (tertiary/aromatic N) is 1. The van der Waals surface area contributed by atoms with Crippen LogP contribution in [0, 0.1) is 6.92 Å². The van der Waals surface area contributed by atoms with Crippen LogP contribution in [0.4, 0.5) is 5.69 Å². The van der Waals surface area contributed by atoms with Gasteiger partial charge in [-0.25, -0.2) is 0 Å². The Hall–Kier alpha value is -1.55. The molecule has 0 spiro atoms. The Kier molecular flexibility index (Phi) is 5.41. The molecule has 0 aromatic heterocycles. The third-order valence-electron chi connectivity index (χ3n) is 3.77. The minimum atomic E-state index is -0.0322. The highest BCUT2D eigenvalue weighted by Crippen LogP contribution is 2.11. The smallest absolute Gasteiger partial charge is 0.251 e. The van der Waals surface area contributed by atoms with Gasteiger partial charge in [0, 0.05) is 24.3 Å². The van der Waals surface area contributed by atoms with Crippen LogP contribution in [0.3, 0.4) is 0 Å². The number of hydrogen-bond acceptors (Lipinski definition) is 3. The van der Waals surface area contributed by atoms with E-state index in [2.05, 4.69) is 10.2 Å². The Morgan fingerprint density at radius 1 is 1.20 bits per heavy atom. The van der Waals surface area contributed by atoms with Crippen LogP contribution in [0.1, 0.15) is 41.6 Å². The van der Waals surface area contributed by atoms with Crippen molar-refractivity contribution in [1.82, 2.24) is 10.2 Å². The number of amides is 1. The minimum absolute atomic E-state index is 0.0322. The average molecular weight is 275 g/mol. The van der Waals surface area contributed by atoms with Gasteiger partial charge in [0.25, 0.3) is 5.91 Å².